The van der Waals surface area contributed by atoms with Crippen molar-refractivity contribution >= 4 is 23.1 Å². The van der Waals surface area contributed by atoms with Gasteiger partial charge in [-0.3, -0.25) is 10.1 Å². The van der Waals surface area contributed by atoms with E-state index in [1.54, 1.807) is 12.1 Å². The highest BCUT2D eigenvalue weighted by Crippen LogP contribution is 2.32. The first-order chi connectivity index (χ1) is 8.16. The molecule has 0 fully saturated rings. The summed E-state index contributed by atoms with van der Waals surface area (Å²) >= 11 is 1.47. The second kappa shape index (κ2) is 4.88. The molecule has 17 heavy (non-hydrogen) atoms. The van der Waals surface area contributed by atoms with Gasteiger partial charge in [0.1, 0.15) is 5.69 Å². The Labute approximate surface area is 103 Å². The third-order valence-electron chi connectivity index (χ3n) is 2.18. The van der Waals surface area contributed by atoms with E-state index in [4.69, 9.17) is 5.73 Å². The summed E-state index contributed by atoms with van der Waals surface area (Å²) in [5.41, 5.74) is 5.67. The average molecular weight is 246 g/mol. The molecule has 0 bridgehead atoms. The normalized spacial score (nSPS) is 10.1. The van der Waals surface area contributed by atoms with Crippen molar-refractivity contribution in [2.75, 3.05) is 5.73 Å². The SMILES string of the molecule is Nc1ccc(Sc2ccccc2)cc1[N+](=O)[O-]. The smallest absolute Gasteiger partial charge is 0.293 e. The van der Waals surface area contributed by atoms with E-state index in [0.29, 0.717) is 0 Å². The second-order valence-electron chi connectivity index (χ2n) is 3.39. The molecule has 0 amide bonds. The predicted octanol–water partition coefficient (Wildman–Crippen LogP) is 3.33. The number of nitro benzene ring substituents is 1. The van der Waals surface area contributed by atoms with Crippen LogP contribution in [0.3, 0.4) is 0 Å². The molecule has 2 aromatic carbocycles. The van der Waals surface area contributed by atoms with Gasteiger partial charge in [-0.05, 0) is 24.3 Å². The van der Waals surface area contributed by atoms with Crippen LogP contribution in [0.4, 0.5) is 11.4 Å². The third kappa shape index (κ3) is 2.76. The lowest BCUT2D eigenvalue weighted by atomic mass is 10.3. The zero-order chi connectivity index (χ0) is 12.3. The van der Waals surface area contributed by atoms with Crippen LogP contribution in [0, 0.1) is 10.1 Å². The lowest BCUT2D eigenvalue weighted by molar-refractivity contribution is -0.384. The number of anilines is 1. The van der Waals surface area contributed by atoms with Gasteiger partial charge in [0.2, 0.25) is 0 Å². The molecule has 4 nitrogen and oxygen atoms in total. The standard InChI is InChI=1S/C12H10N2O2S/c13-11-7-6-10(8-12(11)14(15)16)17-9-4-2-1-3-5-9/h1-8H,13H2. The number of benzene rings is 2. The molecule has 0 unspecified atom stereocenters. The van der Waals surface area contributed by atoms with Crippen LogP contribution in [0.1, 0.15) is 0 Å². The number of hydrogen-bond acceptors (Lipinski definition) is 4. The Morgan fingerprint density at radius 3 is 2.41 bits per heavy atom. The van der Waals surface area contributed by atoms with E-state index < -0.39 is 4.92 Å². The van der Waals surface area contributed by atoms with Gasteiger partial charge in [-0.25, -0.2) is 0 Å². The first-order valence-corrected chi connectivity index (χ1v) is 5.75. The molecule has 0 spiro atoms. The summed E-state index contributed by atoms with van der Waals surface area (Å²) in [6.07, 6.45) is 0. The fourth-order valence-corrected chi connectivity index (χ4v) is 2.24. The van der Waals surface area contributed by atoms with Crippen LogP contribution in [0.15, 0.2) is 58.3 Å². The topological polar surface area (TPSA) is 69.2 Å². The molecular weight excluding hydrogens is 236 g/mol. The molecule has 0 saturated carbocycles. The van der Waals surface area contributed by atoms with Crippen LogP contribution < -0.4 is 5.73 Å². The maximum absolute atomic E-state index is 10.7. The number of nitro groups is 1. The zero-order valence-electron chi connectivity index (χ0n) is 8.87. The first kappa shape index (κ1) is 11.5. The molecule has 0 atom stereocenters. The largest absolute Gasteiger partial charge is 0.393 e. The van der Waals surface area contributed by atoms with E-state index >= 15 is 0 Å². The summed E-state index contributed by atoms with van der Waals surface area (Å²) in [4.78, 5) is 12.1. The first-order valence-electron chi connectivity index (χ1n) is 4.93. The van der Waals surface area contributed by atoms with E-state index in [1.807, 2.05) is 30.3 Å². The average Bonchev–Trinajstić information content (AvgIpc) is 2.32. The molecular formula is C12H10N2O2S. The summed E-state index contributed by atoms with van der Waals surface area (Å²) in [6.45, 7) is 0. The van der Waals surface area contributed by atoms with Crippen LogP contribution in [0.5, 0.6) is 0 Å². The van der Waals surface area contributed by atoms with Crippen molar-refractivity contribution < 1.29 is 4.92 Å². The fraction of sp³-hybridized carbons (Fsp3) is 0. The van der Waals surface area contributed by atoms with Crippen molar-refractivity contribution in [2.45, 2.75) is 9.79 Å². The molecule has 2 aromatic rings. The Bertz CT molecular complexity index is 543. The highest BCUT2D eigenvalue weighted by atomic mass is 32.2. The Hall–Kier alpha value is -2.01. The molecule has 0 radical (unpaired) electrons. The Balaban J connectivity index is 2.29. The summed E-state index contributed by atoms with van der Waals surface area (Å²) in [6, 6.07) is 14.5. The molecule has 0 saturated heterocycles. The number of nitrogens with two attached hydrogens (primary N) is 1. The molecule has 0 aromatic heterocycles. The second-order valence-corrected chi connectivity index (χ2v) is 4.54. The molecule has 0 aliphatic rings. The zero-order valence-corrected chi connectivity index (χ0v) is 9.68. The summed E-state index contributed by atoms with van der Waals surface area (Å²) in [7, 11) is 0. The molecule has 86 valence electrons. The van der Waals surface area contributed by atoms with E-state index in [1.165, 1.54) is 17.8 Å². The monoisotopic (exact) mass is 246 g/mol. The van der Waals surface area contributed by atoms with Crippen LogP contribution in [-0.2, 0) is 0 Å². The summed E-state index contributed by atoms with van der Waals surface area (Å²) in [5, 5.41) is 10.7. The predicted molar refractivity (Wildman–Crippen MR) is 68.1 cm³/mol. The van der Waals surface area contributed by atoms with E-state index in [-0.39, 0.29) is 11.4 Å². The molecule has 0 aliphatic carbocycles. The molecule has 0 heterocycles. The third-order valence-corrected chi connectivity index (χ3v) is 3.18. The highest BCUT2D eigenvalue weighted by Gasteiger charge is 2.12. The van der Waals surface area contributed by atoms with E-state index in [2.05, 4.69) is 0 Å². The molecule has 2 rings (SSSR count). The van der Waals surface area contributed by atoms with Gasteiger partial charge < -0.3 is 5.73 Å². The van der Waals surface area contributed by atoms with Gasteiger partial charge >= 0.3 is 0 Å². The summed E-state index contributed by atoms with van der Waals surface area (Å²) in [5.74, 6) is 0. The van der Waals surface area contributed by atoms with Crippen molar-refractivity contribution in [1.29, 1.82) is 0 Å². The lowest BCUT2D eigenvalue weighted by Crippen LogP contribution is -1.95. The minimum atomic E-state index is -0.468. The lowest BCUT2D eigenvalue weighted by Gasteiger charge is -2.02. The number of hydrogen-bond donors (Lipinski definition) is 1. The van der Waals surface area contributed by atoms with Gasteiger partial charge in [-0.2, -0.15) is 0 Å². The van der Waals surface area contributed by atoms with Crippen molar-refractivity contribution in [3.05, 3.63) is 58.6 Å². The van der Waals surface area contributed by atoms with Gasteiger partial charge in [0.25, 0.3) is 5.69 Å². The van der Waals surface area contributed by atoms with Gasteiger partial charge in [-0.1, -0.05) is 30.0 Å². The van der Waals surface area contributed by atoms with Gasteiger partial charge in [0, 0.05) is 15.9 Å². The van der Waals surface area contributed by atoms with E-state index in [9.17, 15) is 10.1 Å². The summed E-state index contributed by atoms with van der Waals surface area (Å²) < 4.78 is 0. The van der Waals surface area contributed by atoms with Crippen LogP contribution in [0.25, 0.3) is 0 Å². The van der Waals surface area contributed by atoms with Gasteiger partial charge in [0.15, 0.2) is 0 Å². The van der Waals surface area contributed by atoms with Crippen molar-refractivity contribution in [3.8, 4) is 0 Å². The molecule has 0 aliphatic heterocycles. The van der Waals surface area contributed by atoms with Crippen LogP contribution >= 0.6 is 11.8 Å². The Morgan fingerprint density at radius 2 is 1.76 bits per heavy atom. The van der Waals surface area contributed by atoms with Crippen LogP contribution in [0.2, 0.25) is 0 Å². The van der Waals surface area contributed by atoms with Crippen LogP contribution in [-0.4, -0.2) is 4.92 Å². The number of nitrogen functional groups attached to an aromatic ring is 1. The quantitative estimate of drug-likeness (QED) is 0.512. The fourth-order valence-electron chi connectivity index (χ4n) is 1.37. The number of rotatable bonds is 3. The Morgan fingerprint density at radius 1 is 1.06 bits per heavy atom. The van der Waals surface area contributed by atoms with Gasteiger partial charge in [-0.15, -0.1) is 0 Å². The Kier molecular flexibility index (Phi) is 3.30. The minimum Gasteiger partial charge on any atom is -0.393 e. The van der Waals surface area contributed by atoms with Gasteiger partial charge in [0.05, 0.1) is 4.92 Å². The maximum Gasteiger partial charge on any atom is 0.293 e. The minimum absolute atomic E-state index is 0.0501. The van der Waals surface area contributed by atoms with Crippen molar-refractivity contribution in [2.24, 2.45) is 0 Å². The molecule has 2 N–H and O–H groups in total. The van der Waals surface area contributed by atoms with Crippen molar-refractivity contribution in [3.63, 3.8) is 0 Å². The highest BCUT2D eigenvalue weighted by molar-refractivity contribution is 7.99. The molecule has 5 heteroatoms. The van der Waals surface area contributed by atoms with E-state index in [0.717, 1.165) is 9.79 Å². The maximum atomic E-state index is 10.7. The van der Waals surface area contributed by atoms with Crippen molar-refractivity contribution in [1.82, 2.24) is 0 Å². The number of nitrogens with zero attached hydrogens (tertiary/aromatic N) is 1.